The number of halogens is 4. The number of aliphatic carboxylic acids is 1. The molecule has 1 unspecified atom stereocenters. The third kappa shape index (κ3) is 3.09. The summed E-state index contributed by atoms with van der Waals surface area (Å²) in [6.07, 6.45) is -6.62. The molecule has 0 aliphatic heterocycles. The number of benzene rings is 2. The van der Waals surface area contributed by atoms with Gasteiger partial charge in [0.1, 0.15) is 5.82 Å². The van der Waals surface area contributed by atoms with E-state index in [2.05, 4.69) is 0 Å². The molecule has 0 heterocycles. The number of aliphatic hydroxyl groups excluding tert-OH is 1. The minimum Gasteiger partial charge on any atom is -0.479 e. The third-order valence-electron chi connectivity index (χ3n) is 3.08. The zero-order valence-electron chi connectivity index (χ0n) is 10.9. The fourth-order valence-corrected chi connectivity index (χ4v) is 2.03. The minimum atomic E-state index is -4.51. The predicted molar refractivity (Wildman–Crippen MR) is 69.4 cm³/mol. The number of hydrogen-bond donors (Lipinski definition) is 2. The van der Waals surface area contributed by atoms with Gasteiger partial charge in [-0.1, -0.05) is 24.3 Å². The lowest BCUT2D eigenvalue weighted by Gasteiger charge is -2.14. The average molecular weight is 314 g/mol. The Bertz CT molecular complexity index is 693. The molecule has 0 aromatic heterocycles. The first kappa shape index (κ1) is 16.0. The zero-order valence-corrected chi connectivity index (χ0v) is 10.9. The van der Waals surface area contributed by atoms with E-state index in [1.165, 1.54) is 12.1 Å². The minimum absolute atomic E-state index is 0.0172. The van der Waals surface area contributed by atoms with E-state index in [1.807, 2.05) is 0 Å². The summed E-state index contributed by atoms with van der Waals surface area (Å²) in [5.74, 6) is -2.61. The van der Waals surface area contributed by atoms with Crippen molar-refractivity contribution < 1.29 is 32.6 Å². The van der Waals surface area contributed by atoms with Crippen molar-refractivity contribution in [1.82, 2.24) is 0 Å². The van der Waals surface area contributed by atoms with Crippen LogP contribution in [0.15, 0.2) is 42.5 Å². The van der Waals surface area contributed by atoms with Crippen LogP contribution >= 0.6 is 0 Å². The molecule has 0 spiro atoms. The highest BCUT2D eigenvalue weighted by Gasteiger charge is 2.30. The lowest BCUT2D eigenvalue weighted by Crippen LogP contribution is -2.13. The van der Waals surface area contributed by atoms with E-state index in [-0.39, 0.29) is 11.1 Å². The normalized spacial score (nSPS) is 13.0. The Labute approximate surface area is 122 Å². The van der Waals surface area contributed by atoms with Gasteiger partial charge in [-0.2, -0.15) is 13.2 Å². The van der Waals surface area contributed by atoms with Crippen molar-refractivity contribution in [3.05, 3.63) is 59.4 Å². The van der Waals surface area contributed by atoms with Crippen molar-refractivity contribution in [3.8, 4) is 11.1 Å². The summed E-state index contributed by atoms with van der Waals surface area (Å²) in [5, 5.41) is 18.4. The standard InChI is InChI=1S/C15H10F4O3/c16-11-3-1-2-10(12(11)13(20)14(21)22)8-4-6-9(7-5-8)15(17,18)19/h1-7,13,20H,(H,21,22). The first-order valence-electron chi connectivity index (χ1n) is 6.08. The summed E-state index contributed by atoms with van der Waals surface area (Å²) < 4.78 is 51.4. The predicted octanol–water partition coefficient (Wildman–Crippen LogP) is 3.63. The molecular formula is C15H10F4O3. The smallest absolute Gasteiger partial charge is 0.416 e. The second-order valence-electron chi connectivity index (χ2n) is 4.52. The Morgan fingerprint density at radius 2 is 1.64 bits per heavy atom. The lowest BCUT2D eigenvalue weighted by molar-refractivity contribution is -0.147. The molecule has 2 N–H and O–H groups in total. The first-order chi connectivity index (χ1) is 10.2. The van der Waals surface area contributed by atoms with Crippen LogP contribution in [0.5, 0.6) is 0 Å². The Morgan fingerprint density at radius 1 is 1.05 bits per heavy atom. The summed E-state index contributed by atoms with van der Waals surface area (Å²) in [6, 6.07) is 7.36. The molecular weight excluding hydrogens is 304 g/mol. The number of rotatable bonds is 3. The van der Waals surface area contributed by atoms with Gasteiger partial charge in [-0.05, 0) is 29.3 Å². The molecule has 0 fully saturated rings. The Kier molecular flexibility index (Phi) is 4.18. The van der Waals surface area contributed by atoms with Crippen LogP contribution < -0.4 is 0 Å². The molecule has 2 aromatic rings. The Hall–Kier alpha value is -2.41. The maximum absolute atomic E-state index is 13.8. The van der Waals surface area contributed by atoms with E-state index < -0.39 is 35.2 Å². The molecule has 0 amide bonds. The largest absolute Gasteiger partial charge is 0.479 e. The summed E-state index contributed by atoms with van der Waals surface area (Å²) in [7, 11) is 0. The van der Waals surface area contributed by atoms with Crippen LogP contribution in [0, 0.1) is 5.82 Å². The van der Waals surface area contributed by atoms with E-state index in [9.17, 15) is 27.5 Å². The number of carboxylic acids is 1. The van der Waals surface area contributed by atoms with Crippen molar-refractivity contribution in [2.75, 3.05) is 0 Å². The highest BCUT2D eigenvalue weighted by atomic mass is 19.4. The van der Waals surface area contributed by atoms with E-state index in [0.717, 1.165) is 30.3 Å². The lowest BCUT2D eigenvalue weighted by atomic mass is 9.95. The SMILES string of the molecule is O=C(O)C(O)c1c(F)cccc1-c1ccc(C(F)(F)F)cc1. The van der Waals surface area contributed by atoms with Crippen LogP contribution in [0.25, 0.3) is 11.1 Å². The van der Waals surface area contributed by atoms with Crippen LogP contribution in [0.4, 0.5) is 17.6 Å². The van der Waals surface area contributed by atoms with E-state index in [0.29, 0.717) is 0 Å². The molecule has 7 heteroatoms. The zero-order chi connectivity index (χ0) is 16.5. The van der Waals surface area contributed by atoms with E-state index in [1.54, 1.807) is 0 Å². The Morgan fingerprint density at radius 3 is 2.14 bits per heavy atom. The van der Waals surface area contributed by atoms with Crippen molar-refractivity contribution >= 4 is 5.97 Å². The van der Waals surface area contributed by atoms with E-state index >= 15 is 0 Å². The van der Waals surface area contributed by atoms with Crippen molar-refractivity contribution in [1.29, 1.82) is 0 Å². The molecule has 2 aromatic carbocycles. The number of carboxylic acid groups (broad SMARTS) is 1. The van der Waals surface area contributed by atoms with Crippen molar-refractivity contribution in [2.45, 2.75) is 12.3 Å². The van der Waals surface area contributed by atoms with Gasteiger partial charge in [0, 0.05) is 5.56 Å². The molecule has 1 atom stereocenters. The second-order valence-corrected chi connectivity index (χ2v) is 4.52. The highest BCUT2D eigenvalue weighted by Crippen LogP contribution is 2.34. The molecule has 0 radical (unpaired) electrons. The molecule has 3 nitrogen and oxygen atoms in total. The van der Waals surface area contributed by atoms with Crippen LogP contribution in [0.3, 0.4) is 0 Å². The van der Waals surface area contributed by atoms with Crippen LogP contribution in [-0.2, 0) is 11.0 Å². The summed E-state index contributed by atoms with van der Waals surface area (Å²) >= 11 is 0. The van der Waals surface area contributed by atoms with Crippen LogP contribution in [0.1, 0.15) is 17.2 Å². The van der Waals surface area contributed by atoms with E-state index in [4.69, 9.17) is 5.11 Å². The summed E-state index contributed by atoms with van der Waals surface area (Å²) in [4.78, 5) is 10.9. The van der Waals surface area contributed by atoms with Crippen LogP contribution in [0.2, 0.25) is 0 Å². The quantitative estimate of drug-likeness (QED) is 0.851. The van der Waals surface area contributed by atoms with Gasteiger partial charge in [-0.25, -0.2) is 9.18 Å². The number of carbonyl (C=O) groups is 1. The van der Waals surface area contributed by atoms with Crippen molar-refractivity contribution in [2.24, 2.45) is 0 Å². The topological polar surface area (TPSA) is 57.5 Å². The molecule has 0 aliphatic carbocycles. The number of hydrogen-bond acceptors (Lipinski definition) is 2. The highest BCUT2D eigenvalue weighted by molar-refractivity contribution is 5.79. The fraction of sp³-hybridized carbons (Fsp3) is 0.133. The second kappa shape index (κ2) is 5.76. The maximum Gasteiger partial charge on any atom is 0.416 e. The molecule has 22 heavy (non-hydrogen) atoms. The summed E-state index contributed by atoms with van der Waals surface area (Å²) in [6.45, 7) is 0. The van der Waals surface area contributed by atoms with Gasteiger partial charge in [-0.15, -0.1) is 0 Å². The van der Waals surface area contributed by atoms with Crippen LogP contribution in [-0.4, -0.2) is 16.2 Å². The molecule has 0 saturated heterocycles. The van der Waals surface area contributed by atoms with Gasteiger partial charge in [0.05, 0.1) is 5.56 Å². The molecule has 0 aliphatic rings. The van der Waals surface area contributed by atoms with Gasteiger partial charge in [0.2, 0.25) is 0 Å². The molecule has 116 valence electrons. The average Bonchev–Trinajstić information content (AvgIpc) is 2.45. The first-order valence-corrected chi connectivity index (χ1v) is 6.08. The van der Waals surface area contributed by atoms with Gasteiger partial charge < -0.3 is 10.2 Å². The third-order valence-corrected chi connectivity index (χ3v) is 3.08. The van der Waals surface area contributed by atoms with Gasteiger partial charge in [0.15, 0.2) is 6.10 Å². The molecule has 0 bridgehead atoms. The monoisotopic (exact) mass is 314 g/mol. The summed E-state index contributed by atoms with van der Waals surface area (Å²) in [5.41, 5.74) is -1.19. The maximum atomic E-state index is 13.8. The molecule has 2 rings (SSSR count). The number of aliphatic hydroxyl groups is 1. The van der Waals surface area contributed by atoms with Gasteiger partial charge in [0.25, 0.3) is 0 Å². The molecule has 0 saturated carbocycles. The van der Waals surface area contributed by atoms with Gasteiger partial charge >= 0.3 is 12.1 Å². The van der Waals surface area contributed by atoms with Gasteiger partial charge in [-0.3, -0.25) is 0 Å². The number of alkyl halides is 3. The fourth-order valence-electron chi connectivity index (χ4n) is 2.03. The Balaban J connectivity index is 2.54. The van der Waals surface area contributed by atoms with Crippen molar-refractivity contribution in [3.63, 3.8) is 0 Å².